The molecule has 1 aromatic heterocycles. The van der Waals surface area contributed by atoms with Gasteiger partial charge in [0.15, 0.2) is 6.20 Å². The Bertz CT molecular complexity index is 773. The van der Waals surface area contributed by atoms with Crippen molar-refractivity contribution in [2.24, 2.45) is 0 Å². The average Bonchev–Trinajstić information content (AvgIpc) is 2.54. The van der Waals surface area contributed by atoms with Crippen molar-refractivity contribution in [1.29, 1.82) is 0 Å². The van der Waals surface area contributed by atoms with E-state index in [1.54, 1.807) is 12.1 Å². The first-order valence-electron chi connectivity index (χ1n) is 7.46. The van der Waals surface area contributed by atoms with Gasteiger partial charge in [-0.1, -0.05) is 12.1 Å². The Morgan fingerprint density at radius 2 is 2.13 bits per heavy atom. The minimum atomic E-state index is -0.417. The fraction of sp³-hybridized carbons (Fsp3) is 0.235. The number of carbonyl (C=O) groups excluding carboxylic acids is 2. The molecule has 2 N–H and O–H groups in total. The Hall–Kier alpha value is -2.89. The Morgan fingerprint density at radius 3 is 2.91 bits per heavy atom. The molecule has 3 rings (SSSR count). The number of rotatable bonds is 3. The van der Waals surface area contributed by atoms with Gasteiger partial charge in [-0.3, -0.25) is 9.59 Å². The van der Waals surface area contributed by atoms with Crippen LogP contribution in [0.4, 0.5) is 5.69 Å². The third-order valence-corrected chi connectivity index (χ3v) is 3.93. The van der Waals surface area contributed by atoms with Crippen LogP contribution in [0.5, 0.6) is 0 Å². The van der Waals surface area contributed by atoms with Gasteiger partial charge in [0.2, 0.25) is 5.91 Å². The molecule has 2 aromatic rings. The van der Waals surface area contributed by atoms with Crippen molar-refractivity contribution >= 4 is 17.5 Å². The molecular formula is C17H17N3O3. The molecule has 0 saturated carbocycles. The summed E-state index contributed by atoms with van der Waals surface area (Å²) in [7, 11) is 0. The standard InChI is InChI=1S/C17H17N3O3/c1-11(18-17(22)15-4-2-3-9-20(15)23)12-5-7-14-13(10-12)6-8-16(21)19-14/h2-5,7,9-11H,6,8H2,1H3,(H,18,22)(H,19,21)/t11-/m1/s1. The molecule has 23 heavy (non-hydrogen) atoms. The zero-order valence-corrected chi connectivity index (χ0v) is 12.7. The number of hydrogen-bond acceptors (Lipinski definition) is 3. The lowest BCUT2D eigenvalue weighted by atomic mass is 9.98. The van der Waals surface area contributed by atoms with E-state index in [-0.39, 0.29) is 17.6 Å². The third kappa shape index (κ3) is 3.15. The predicted molar refractivity (Wildman–Crippen MR) is 84.7 cm³/mol. The highest BCUT2D eigenvalue weighted by Gasteiger charge is 2.20. The van der Waals surface area contributed by atoms with Crippen LogP contribution in [0.15, 0.2) is 42.6 Å². The Balaban J connectivity index is 1.76. The summed E-state index contributed by atoms with van der Waals surface area (Å²) in [4.78, 5) is 23.6. The molecule has 0 fully saturated rings. The molecule has 1 aliphatic heterocycles. The zero-order chi connectivity index (χ0) is 16.4. The lowest BCUT2D eigenvalue weighted by Gasteiger charge is -2.20. The second-order valence-electron chi connectivity index (χ2n) is 5.57. The molecule has 0 saturated heterocycles. The van der Waals surface area contributed by atoms with Crippen LogP contribution in [0.3, 0.4) is 0 Å². The Labute approximate surface area is 133 Å². The van der Waals surface area contributed by atoms with Crippen LogP contribution >= 0.6 is 0 Å². The number of aryl methyl sites for hydroxylation is 1. The van der Waals surface area contributed by atoms with Crippen molar-refractivity contribution in [1.82, 2.24) is 5.32 Å². The molecule has 1 aromatic carbocycles. The molecule has 118 valence electrons. The van der Waals surface area contributed by atoms with E-state index in [1.807, 2.05) is 25.1 Å². The number of hydrogen-bond donors (Lipinski definition) is 2. The van der Waals surface area contributed by atoms with Crippen LogP contribution in [-0.2, 0) is 11.2 Å². The summed E-state index contributed by atoms with van der Waals surface area (Å²) >= 11 is 0. The van der Waals surface area contributed by atoms with Crippen LogP contribution in [0.25, 0.3) is 0 Å². The molecule has 1 aliphatic rings. The molecule has 6 heteroatoms. The van der Waals surface area contributed by atoms with Crippen molar-refractivity contribution in [3.63, 3.8) is 0 Å². The average molecular weight is 311 g/mol. The molecule has 0 spiro atoms. The summed E-state index contributed by atoms with van der Waals surface area (Å²) in [6.45, 7) is 1.86. The summed E-state index contributed by atoms with van der Waals surface area (Å²) in [5.41, 5.74) is 2.87. The number of benzene rings is 1. The lowest BCUT2D eigenvalue weighted by molar-refractivity contribution is -0.607. The molecule has 0 unspecified atom stereocenters. The van der Waals surface area contributed by atoms with Crippen LogP contribution < -0.4 is 15.4 Å². The number of nitrogens with one attached hydrogen (secondary N) is 2. The molecule has 0 radical (unpaired) electrons. The minimum Gasteiger partial charge on any atom is -0.618 e. The van der Waals surface area contributed by atoms with Gasteiger partial charge in [-0.05, 0) is 36.6 Å². The molecular weight excluding hydrogens is 294 g/mol. The third-order valence-electron chi connectivity index (χ3n) is 3.93. The van der Waals surface area contributed by atoms with E-state index < -0.39 is 5.91 Å². The monoisotopic (exact) mass is 311 g/mol. The zero-order valence-electron chi connectivity index (χ0n) is 12.7. The van der Waals surface area contributed by atoms with E-state index in [0.29, 0.717) is 17.6 Å². The molecule has 0 bridgehead atoms. The molecule has 2 amide bonds. The van der Waals surface area contributed by atoms with E-state index in [0.717, 1.165) is 16.8 Å². The fourth-order valence-electron chi connectivity index (χ4n) is 2.63. The van der Waals surface area contributed by atoms with E-state index in [1.165, 1.54) is 12.3 Å². The van der Waals surface area contributed by atoms with Crippen molar-refractivity contribution in [2.45, 2.75) is 25.8 Å². The van der Waals surface area contributed by atoms with Gasteiger partial charge in [0.1, 0.15) is 0 Å². The SMILES string of the molecule is C[C@@H](NC(=O)c1cccc[n+]1[O-])c1ccc2c(c1)CCC(=O)N2. The first kappa shape index (κ1) is 15.0. The normalized spacial score (nSPS) is 14.6. The maximum absolute atomic E-state index is 12.2. The number of pyridine rings is 1. The summed E-state index contributed by atoms with van der Waals surface area (Å²) in [6, 6.07) is 10.2. The first-order valence-corrected chi connectivity index (χ1v) is 7.46. The molecule has 0 aliphatic carbocycles. The number of amides is 2. The van der Waals surface area contributed by atoms with Crippen LogP contribution in [0.1, 0.15) is 41.0 Å². The predicted octanol–water partition coefficient (Wildman–Crippen LogP) is 1.70. The van der Waals surface area contributed by atoms with Crippen LogP contribution in [-0.4, -0.2) is 11.8 Å². The smallest absolute Gasteiger partial charge is 0.317 e. The maximum Gasteiger partial charge on any atom is 0.317 e. The molecule has 1 atom stereocenters. The minimum absolute atomic E-state index is 0.0238. The largest absolute Gasteiger partial charge is 0.618 e. The number of fused-ring (bicyclic) bond motifs is 1. The van der Waals surface area contributed by atoms with E-state index in [9.17, 15) is 14.8 Å². The topological polar surface area (TPSA) is 85.1 Å². The second-order valence-corrected chi connectivity index (χ2v) is 5.57. The summed E-state index contributed by atoms with van der Waals surface area (Å²) in [5.74, 6) is -0.394. The first-order chi connectivity index (χ1) is 11.0. The highest BCUT2D eigenvalue weighted by molar-refractivity contribution is 5.94. The summed E-state index contributed by atoms with van der Waals surface area (Å²) < 4.78 is 0.546. The van der Waals surface area contributed by atoms with Gasteiger partial charge in [-0.15, -0.1) is 0 Å². The Kier molecular flexibility index (Phi) is 3.97. The van der Waals surface area contributed by atoms with Crippen molar-refractivity contribution in [3.8, 4) is 0 Å². The maximum atomic E-state index is 12.2. The van der Waals surface area contributed by atoms with Gasteiger partial charge >= 0.3 is 5.91 Å². The van der Waals surface area contributed by atoms with Gasteiger partial charge in [0.25, 0.3) is 5.69 Å². The van der Waals surface area contributed by atoms with Gasteiger partial charge in [-0.25, -0.2) is 0 Å². The second kappa shape index (κ2) is 6.08. The number of anilines is 1. The van der Waals surface area contributed by atoms with Crippen molar-refractivity contribution < 1.29 is 14.3 Å². The molecule has 6 nitrogen and oxygen atoms in total. The van der Waals surface area contributed by atoms with Gasteiger partial charge in [0.05, 0.1) is 6.04 Å². The van der Waals surface area contributed by atoms with E-state index in [2.05, 4.69) is 10.6 Å². The molecule has 2 heterocycles. The fourth-order valence-corrected chi connectivity index (χ4v) is 2.63. The van der Waals surface area contributed by atoms with Gasteiger partial charge in [-0.2, -0.15) is 4.73 Å². The number of nitrogens with zero attached hydrogens (tertiary/aromatic N) is 1. The number of carbonyl (C=O) groups is 2. The van der Waals surface area contributed by atoms with Crippen LogP contribution in [0.2, 0.25) is 0 Å². The number of aromatic nitrogens is 1. The van der Waals surface area contributed by atoms with E-state index >= 15 is 0 Å². The Morgan fingerprint density at radius 1 is 1.30 bits per heavy atom. The summed E-state index contributed by atoms with van der Waals surface area (Å²) in [5, 5.41) is 17.3. The van der Waals surface area contributed by atoms with Crippen molar-refractivity contribution in [3.05, 3.63) is 64.6 Å². The summed E-state index contributed by atoms with van der Waals surface area (Å²) in [6.07, 6.45) is 2.45. The quantitative estimate of drug-likeness (QED) is 0.668. The highest BCUT2D eigenvalue weighted by Crippen LogP contribution is 2.26. The van der Waals surface area contributed by atoms with E-state index in [4.69, 9.17) is 0 Å². The van der Waals surface area contributed by atoms with Gasteiger partial charge < -0.3 is 15.8 Å². The highest BCUT2D eigenvalue weighted by atomic mass is 16.5. The van der Waals surface area contributed by atoms with Crippen molar-refractivity contribution in [2.75, 3.05) is 5.32 Å². The van der Waals surface area contributed by atoms with Crippen LogP contribution in [0, 0.1) is 5.21 Å². The lowest BCUT2D eigenvalue weighted by Crippen LogP contribution is -2.39. The van der Waals surface area contributed by atoms with Gasteiger partial charge in [0, 0.05) is 24.2 Å².